The predicted molar refractivity (Wildman–Crippen MR) is 76.9 cm³/mol. The maximum Gasteiger partial charge on any atom is 0.232 e. The molecule has 0 fully saturated rings. The van der Waals surface area contributed by atoms with Gasteiger partial charge in [-0.05, 0) is 17.7 Å². The molecule has 0 aliphatic rings. The second-order valence-corrected chi connectivity index (χ2v) is 6.05. The van der Waals surface area contributed by atoms with Crippen LogP contribution < -0.4 is 0 Å². The zero-order valence-electron chi connectivity index (χ0n) is 10.6. The number of amides is 1. The average molecular weight is 288 g/mol. The smallest absolute Gasteiger partial charge is 0.232 e. The summed E-state index contributed by atoms with van der Waals surface area (Å²) < 4.78 is 0. The summed E-state index contributed by atoms with van der Waals surface area (Å²) in [5, 5.41) is 9.66. The number of aliphatic hydroxyl groups is 1. The van der Waals surface area contributed by atoms with Crippen molar-refractivity contribution in [3.05, 3.63) is 34.9 Å². The van der Waals surface area contributed by atoms with E-state index >= 15 is 0 Å². The topological polar surface area (TPSA) is 40.5 Å². The van der Waals surface area contributed by atoms with Gasteiger partial charge in [-0.3, -0.25) is 4.79 Å². The van der Waals surface area contributed by atoms with Crippen molar-refractivity contribution in [2.75, 3.05) is 19.4 Å². The summed E-state index contributed by atoms with van der Waals surface area (Å²) in [6.07, 6.45) is 0. The van der Waals surface area contributed by atoms with Gasteiger partial charge in [-0.2, -0.15) is 0 Å². The Labute approximate surface area is 117 Å². The van der Waals surface area contributed by atoms with Gasteiger partial charge in [0.1, 0.15) is 0 Å². The third-order valence-corrected chi connectivity index (χ3v) is 3.85. The Morgan fingerprint density at radius 2 is 2.28 bits per heavy atom. The Balaban J connectivity index is 2.45. The molecule has 18 heavy (non-hydrogen) atoms. The van der Waals surface area contributed by atoms with Gasteiger partial charge in [0, 0.05) is 23.9 Å². The number of nitrogens with zero attached hydrogens (tertiary/aromatic N) is 1. The SMILES string of the molecule is CC(CO)SCC(=O)N(C)Cc1cccc(Cl)c1. The van der Waals surface area contributed by atoms with Crippen LogP contribution in [0.25, 0.3) is 0 Å². The van der Waals surface area contributed by atoms with Crippen molar-refractivity contribution in [1.29, 1.82) is 0 Å². The summed E-state index contributed by atoms with van der Waals surface area (Å²) >= 11 is 7.35. The fourth-order valence-corrected chi connectivity index (χ4v) is 2.34. The lowest BCUT2D eigenvalue weighted by Gasteiger charge is -2.18. The molecule has 3 nitrogen and oxygen atoms in total. The van der Waals surface area contributed by atoms with Crippen molar-refractivity contribution in [3.8, 4) is 0 Å². The summed E-state index contributed by atoms with van der Waals surface area (Å²) in [6.45, 7) is 2.54. The molecule has 0 aromatic heterocycles. The van der Waals surface area contributed by atoms with E-state index in [0.717, 1.165) is 5.56 Å². The molecule has 0 bridgehead atoms. The largest absolute Gasteiger partial charge is 0.395 e. The first-order chi connectivity index (χ1) is 8.52. The van der Waals surface area contributed by atoms with E-state index in [2.05, 4.69) is 0 Å². The molecular weight excluding hydrogens is 270 g/mol. The molecule has 0 aliphatic carbocycles. The number of carbonyl (C=O) groups excluding carboxylic acids is 1. The summed E-state index contributed by atoms with van der Waals surface area (Å²) in [5.41, 5.74) is 1.01. The maximum absolute atomic E-state index is 11.8. The third-order valence-electron chi connectivity index (χ3n) is 2.48. The summed E-state index contributed by atoms with van der Waals surface area (Å²) in [7, 11) is 1.77. The first kappa shape index (κ1) is 15.3. The summed E-state index contributed by atoms with van der Waals surface area (Å²) in [4.78, 5) is 13.5. The monoisotopic (exact) mass is 287 g/mol. The zero-order chi connectivity index (χ0) is 13.5. The lowest BCUT2D eigenvalue weighted by Crippen LogP contribution is -2.28. The van der Waals surface area contributed by atoms with Crippen LogP contribution in [0.2, 0.25) is 5.02 Å². The quantitative estimate of drug-likeness (QED) is 0.873. The first-order valence-corrected chi connectivity index (χ1v) is 7.16. The van der Waals surface area contributed by atoms with Crippen LogP contribution in [0, 0.1) is 0 Å². The number of hydrogen-bond acceptors (Lipinski definition) is 3. The van der Waals surface area contributed by atoms with Gasteiger partial charge in [0.05, 0.1) is 12.4 Å². The maximum atomic E-state index is 11.8. The van der Waals surface area contributed by atoms with Crippen LogP contribution in [0.4, 0.5) is 0 Å². The molecule has 0 heterocycles. The minimum absolute atomic E-state index is 0.0558. The van der Waals surface area contributed by atoms with Crippen molar-refractivity contribution in [2.24, 2.45) is 0 Å². The third kappa shape index (κ3) is 5.29. The van der Waals surface area contributed by atoms with Gasteiger partial charge < -0.3 is 10.0 Å². The highest BCUT2D eigenvalue weighted by Crippen LogP contribution is 2.14. The van der Waals surface area contributed by atoms with Crippen LogP contribution in [0.15, 0.2) is 24.3 Å². The molecular formula is C13H18ClNO2S. The van der Waals surface area contributed by atoms with Gasteiger partial charge in [-0.25, -0.2) is 0 Å². The van der Waals surface area contributed by atoms with Gasteiger partial charge in [0.25, 0.3) is 0 Å². The van der Waals surface area contributed by atoms with Gasteiger partial charge in [-0.15, -0.1) is 11.8 Å². The number of halogens is 1. The van der Waals surface area contributed by atoms with Crippen molar-refractivity contribution < 1.29 is 9.90 Å². The fraction of sp³-hybridized carbons (Fsp3) is 0.462. The highest BCUT2D eigenvalue weighted by Gasteiger charge is 2.11. The zero-order valence-corrected chi connectivity index (χ0v) is 12.2. The van der Waals surface area contributed by atoms with Gasteiger partial charge in [0.2, 0.25) is 5.91 Å². The highest BCUT2D eigenvalue weighted by atomic mass is 35.5. The van der Waals surface area contributed by atoms with Crippen LogP contribution in [0.5, 0.6) is 0 Å². The Kier molecular flexibility index (Phi) is 6.54. The van der Waals surface area contributed by atoms with Crippen molar-refractivity contribution in [2.45, 2.75) is 18.7 Å². The average Bonchev–Trinajstić information content (AvgIpc) is 2.35. The molecule has 0 radical (unpaired) electrons. The summed E-state index contributed by atoms with van der Waals surface area (Å²) in [5.74, 6) is 0.444. The molecule has 0 saturated carbocycles. The molecule has 0 aliphatic heterocycles. The Bertz CT molecular complexity index is 400. The van der Waals surface area contributed by atoms with E-state index in [1.807, 2.05) is 31.2 Å². The van der Waals surface area contributed by atoms with Crippen LogP contribution in [0.1, 0.15) is 12.5 Å². The molecule has 1 aromatic carbocycles. The minimum atomic E-state index is 0.0558. The highest BCUT2D eigenvalue weighted by molar-refractivity contribution is 8.00. The van der Waals surface area contributed by atoms with Crippen molar-refractivity contribution in [1.82, 2.24) is 4.90 Å². The lowest BCUT2D eigenvalue weighted by molar-refractivity contribution is -0.127. The van der Waals surface area contributed by atoms with Gasteiger partial charge in [-0.1, -0.05) is 30.7 Å². The molecule has 1 atom stereocenters. The predicted octanol–water partition coefficient (Wildman–Crippen LogP) is 2.41. The van der Waals surface area contributed by atoms with E-state index in [4.69, 9.17) is 16.7 Å². The molecule has 1 unspecified atom stereocenters. The molecule has 0 spiro atoms. The fourth-order valence-electron chi connectivity index (χ4n) is 1.37. The number of hydrogen-bond donors (Lipinski definition) is 1. The second kappa shape index (κ2) is 7.67. The Hall–Kier alpha value is -0.710. The van der Waals surface area contributed by atoms with Crippen molar-refractivity contribution >= 4 is 29.3 Å². The van der Waals surface area contributed by atoms with Gasteiger partial charge >= 0.3 is 0 Å². The molecule has 1 amide bonds. The molecule has 1 aromatic rings. The number of aliphatic hydroxyl groups excluding tert-OH is 1. The Morgan fingerprint density at radius 1 is 1.56 bits per heavy atom. The van der Waals surface area contributed by atoms with Crippen LogP contribution in [0.3, 0.4) is 0 Å². The number of rotatable bonds is 6. The van der Waals surface area contributed by atoms with Crippen LogP contribution in [-0.2, 0) is 11.3 Å². The van der Waals surface area contributed by atoms with Crippen LogP contribution >= 0.6 is 23.4 Å². The Morgan fingerprint density at radius 3 is 2.89 bits per heavy atom. The molecule has 1 rings (SSSR count). The van der Waals surface area contributed by atoms with E-state index in [1.54, 1.807) is 11.9 Å². The van der Waals surface area contributed by atoms with E-state index in [0.29, 0.717) is 17.3 Å². The van der Waals surface area contributed by atoms with E-state index < -0.39 is 0 Å². The van der Waals surface area contributed by atoms with E-state index in [1.165, 1.54) is 11.8 Å². The van der Waals surface area contributed by atoms with E-state index in [-0.39, 0.29) is 17.8 Å². The number of benzene rings is 1. The first-order valence-electron chi connectivity index (χ1n) is 5.73. The summed E-state index contributed by atoms with van der Waals surface area (Å²) in [6, 6.07) is 7.48. The number of carbonyl (C=O) groups is 1. The van der Waals surface area contributed by atoms with Crippen molar-refractivity contribution in [3.63, 3.8) is 0 Å². The molecule has 1 N–H and O–H groups in total. The lowest BCUT2D eigenvalue weighted by atomic mass is 10.2. The van der Waals surface area contributed by atoms with E-state index in [9.17, 15) is 4.79 Å². The second-order valence-electron chi connectivity index (χ2n) is 4.18. The minimum Gasteiger partial charge on any atom is -0.395 e. The standard InChI is InChI=1S/C13H18ClNO2S/c1-10(8-16)18-9-13(17)15(2)7-11-4-3-5-12(14)6-11/h3-6,10,16H,7-9H2,1-2H3. The van der Waals surface area contributed by atoms with Crippen LogP contribution in [-0.4, -0.2) is 40.6 Å². The molecule has 0 saturated heterocycles. The molecule has 100 valence electrons. The number of thioether (sulfide) groups is 1. The van der Waals surface area contributed by atoms with Gasteiger partial charge in [0.15, 0.2) is 0 Å². The molecule has 5 heteroatoms. The normalized spacial score (nSPS) is 12.2.